The van der Waals surface area contributed by atoms with E-state index in [2.05, 4.69) is 27.0 Å². The van der Waals surface area contributed by atoms with Crippen LogP contribution in [0.15, 0.2) is 41.5 Å². The van der Waals surface area contributed by atoms with Gasteiger partial charge in [-0.1, -0.05) is 6.07 Å². The minimum absolute atomic E-state index is 0.153. The number of rotatable bonds is 2. The van der Waals surface area contributed by atoms with Crippen molar-refractivity contribution in [3.63, 3.8) is 0 Å². The molecule has 0 aliphatic carbocycles. The first-order chi connectivity index (χ1) is 14.9. The summed E-state index contributed by atoms with van der Waals surface area (Å²) in [5, 5.41) is 4.70. The predicted molar refractivity (Wildman–Crippen MR) is 120 cm³/mol. The molecule has 7 heteroatoms. The lowest BCUT2D eigenvalue weighted by Gasteiger charge is -2.31. The Morgan fingerprint density at radius 2 is 1.71 bits per heavy atom. The van der Waals surface area contributed by atoms with Gasteiger partial charge in [-0.05, 0) is 45.4 Å². The van der Waals surface area contributed by atoms with Gasteiger partial charge in [0.25, 0.3) is 5.56 Å². The molecule has 1 aliphatic rings. The molecular formula is C24H24N6O. The van der Waals surface area contributed by atoms with Gasteiger partial charge in [0.05, 0.1) is 0 Å². The van der Waals surface area contributed by atoms with Crippen LogP contribution in [-0.4, -0.2) is 31.1 Å². The topological polar surface area (TPSA) is 76.3 Å². The van der Waals surface area contributed by atoms with Crippen molar-refractivity contribution in [3.8, 4) is 11.1 Å². The Hall–Kier alpha value is -3.61. The molecule has 31 heavy (non-hydrogen) atoms. The van der Waals surface area contributed by atoms with Crippen LogP contribution in [0, 0.1) is 27.7 Å². The summed E-state index contributed by atoms with van der Waals surface area (Å²) in [5.74, 6) is 0.825. The Morgan fingerprint density at radius 3 is 2.48 bits per heavy atom. The number of hydrogen-bond donors (Lipinski definition) is 0. The number of nitrogens with zero attached hydrogens (tertiary/aromatic N) is 6. The van der Waals surface area contributed by atoms with Crippen LogP contribution in [0.5, 0.6) is 0 Å². The van der Waals surface area contributed by atoms with Crippen LogP contribution in [0.3, 0.4) is 0 Å². The van der Waals surface area contributed by atoms with Gasteiger partial charge >= 0.3 is 0 Å². The first-order valence-electron chi connectivity index (χ1n) is 10.4. The smallest absolute Gasteiger partial charge is 0.274 e. The van der Waals surface area contributed by atoms with E-state index in [1.54, 1.807) is 0 Å². The maximum absolute atomic E-state index is 12.5. The average Bonchev–Trinajstić information content (AvgIpc) is 2.76. The van der Waals surface area contributed by atoms with E-state index < -0.39 is 0 Å². The molecule has 4 aromatic heterocycles. The molecule has 156 valence electrons. The van der Waals surface area contributed by atoms with Crippen LogP contribution in [0.2, 0.25) is 0 Å². The zero-order valence-corrected chi connectivity index (χ0v) is 18.2. The van der Waals surface area contributed by atoms with Gasteiger partial charge in [0, 0.05) is 77.3 Å². The third-order valence-corrected chi connectivity index (χ3v) is 6.04. The molecule has 0 bridgehead atoms. The minimum Gasteiger partial charge on any atom is -0.350 e. The summed E-state index contributed by atoms with van der Waals surface area (Å²) in [6.45, 7) is 9.37. The molecule has 0 radical (unpaired) electrons. The van der Waals surface area contributed by atoms with Crippen LogP contribution in [-0.2, 0) is 13.0 Å². The number of pyridine rings is 2. The quantitative estimate of drug-likeness (QED) is 0.503. The van der Waals surface area contributed by atoms with Gasteiger partial charge < -0.3 is 4.90 Å². The highest BCUT2D eigenvalue weighted by Gasteiger charge is 2.23. The fraction of sp³-hybridized carbons (Fsp3) is 0.292. The van der Waals surface area contributed by atoms with Gasteiger partial charge in [-0.2, -0.15) is 4.52 Å². The molecule has 5 rings (SSSR count). The molecule has 0 spiro atoms. The second-order valence-corrected chi connectivity index (χ2v) is 8.23. The standard InChI is InChI=1S/C24H24N6O/c1-14-5-6-18(11-25-14)19-10-20-13-29(8-7-21(20)26-12-19)24-17(4)16(3)23-27-15(2)9-22(31)30(23)28-24/h5-6,9-12H,7-8,13H2,1-4H3. The summed E-state index contributed by atoms with van der Waals surface area (Å²) < 4.78 is 1.42. The largest absolute Gasteiger partial charge is 0.350 e. The number of fused-ring (bicyclic) bond motifs is 2. The Bertz CT molecular complexity index is 1370. The minimum atomic E-state index is -0.153. The number of anilines is 1. The van der Waals surface area contributed by atoms with Crippen LogP contribution < -0.4 is 10.5 Å². The van der Waals surface area contributed by atoms with E-state index in [9.17, 15) is 4.79 Å². The van der Waals surface area contributed by atoms with E-state index in [4.69, 9.17) is 10.1 Å². The second kappa shape index (κ2) is 7.27. The Kier molecular flexibility index (Phi) is 4.54. The van der Waals surface area contributed by atoms with Crippen molar-refractivity contribution in [2.45, 2.75) is 40.7 Å². The lowest BCUT2D eigenvalue weighted by molar-refractivity contribution is 0.684. The first-order valence-corrected chi connectivity index (χ1v) is 10.4. The van der Waals surface area contributed by atoms with Gasteiger partial charge in [0.15, 0.2) is 11.5 Å². The summed E-state index contributed by atoms with van der Waals surface area (Å²) in [6, 6.07) is 7.81. The van der Waals surface area contributed by atoms with E-state index in [0.717, 1.165) is 52.4 Å². The molecule has 1 aliphatic heterocycles. The van der Waals surface area contributed by atoms with Gasteiger partial charge in [0.2, 0.25) is 0 Å². The number of aryl methyl sites for hydroxylation is 3. The normalized spacial score (nSPS) is 13.5. The Labute approximate surface area is 180 Å². The average molecular weight is 412 g/mol. The van der Waals surface area contributed by atoms with Crippen molar-refractivity contribution in [2.24, 2.45) is 0 Å². The SMILES string of the molecule is Cc1ccc(-c2cnc3c(c2)CN(c2nn4c(=O)cc(C)nc4c(C)c2C)CC3)cn1. The molecule has 0 unspecified atom stereocenters. The monoisotopic (exact) mass is 412 g/mol. The molecule has 5 heterocycles. The van der Waals surface area contributed by atoms with Crippen LogP contribution in [0.4, 0.5) is 5.82 Å². The molecule has 4 aromatic rings. The van der Waals surface area contributed by atoms with E-state index in [0.29, 0.717) is 17.9 Å². The molecule has 7 nitrogen and oxygen atoms in total. The maximum atomic E-state index is 12.5. The third kappa shape index (κ3) is 3.36. The zero-order chi connectivity index (χ0) is 21.7. The van der Waals surface area contributed by atoms with Crippen LogP contribution >= 0.6 is 0 Å². The van der Waals surface area contributed by atoms with Gasteiger partial charge in [-0.15, -0.1) is 5.10 Å². The fourth-order valence-electron chi connectivity index (χ4n) is 4.14. The molecule has 0 fully saturated rings. The lowest BCUT2D eigenvalue weighted by atomic mass is 10.0. The van der Waals surface area contributed by atoms with E-state index in [1.165, 1.54) is 16.1 Å². The van der Waals surface area contributed by atoms with Gasteiger partial charge in [0.1, 0.15) is 0 Å². The van der Waals surface area contributed by atoms with Gasteiger partial charge in [-0.25, -0.2) is 4.98 Å². The highest BCUT2D eigenvalue weighted by atomic mass is 16.1. The van der Waals surface area contributed by atoms with Crippen molar-refractivity contribution in [1.82, 2.24) is 24.6 Å². The van der Waals surface area contributed by atoms with Crippen molar-refractivity contribution in [3.05, 3.63) is 80.8 Å². The first kappa shape index (κ1) is 19.4. The van der Waals surface area contributed by atoms with Crippen molar-refractivity contribution < 1.29 is 0 Å². The van der Waals surface area contributed by atoms with Crippen molar-refractivity contribution >= 4 is 11.5 Å². The molecule has 0 saturated heterocycles. The lowest BCUT2D eigenvalue weighted by Crippen LogP contribution is -2.34. The zero-order valence-electron chi connectivity index (χ0n) is 18.2. The van der Waals surface area contributed by atoms with E-state index in [1.807, 2.05) is 46.2 Å². The van der Waals surface area contributed by atoms with E-state index >= 15 is 0 Å². The highest BCUT2D eigenvalue weighted by molar-refractivity contribution is 5.64. The maximum Gasteiger partial charge on any atom is 0.274 e. The molecule has 0 saturated carbocycles. The summed E-state index contributed by atoms with van der Waals surface area (Å²) in [5.41, 5.74) is 8.61. The molecular weight excluding hydrogens is 388 g/mol. The molecule has 0 atom stereocenters. The third-order valence-electron chi connectivity index (χ3n) is 6.04. The molecule has 0 N–H and O–H groups in total. The van der Waals surface area contributed by atoms with Crippen LogP contribution in [0.1, 0.15) is 33.8 Å². The molecule has 0 aromatic carbocycles. The van der Waals surface area contributed by atoms with Crippen molar-refractivity contribution in [2.75, 3.05) is 11.4 Å². The summed E-state index contributed by atoms with van der Waals surface area (Å²) in [6.07, 6.45) is 4.65. The molecule has 0 amide bonds. The Balaban J connectivity index is 1.55. The number of aromatic nitrogens is 5. The van der Waals surface area contributed by atoms with Crippen molar-refractivity contribution in [1.29, 1.82) is 0 Å². The predicted octanol–water partition coefficient (Wildman–Crippen LogP) is 3.34. The van der Waals surface area contributed by atoms with Gasteiger partial charge in [-0.3, -0.25) is 14.8 Å². The summed E-state index contributed by atoms with van der Waals surface area (Å²) in [4.78, 5) is 28.4. The van der Waals surface area contributed by atoms with Crippen LogP contribution in [0.25, 0.3) is 16.8 Å². The Morgan fingerprint density at radius 1 is 0.903 bits per heavy atom. The second-order valence-electron chi connectivity index (χ2n) is 8.23. The number of hydrogen-bond acceptors (Lipinski definition) is 6. The summed E-state index contributed by atoms with van der Waals surface area (Å²) >= 11 is 0. The van der Waals surface area contributed by atoms with E-state index in [-0.39, 0.29) is 5.56 Å². The highest BCUT2D eigenvalue weighted by Crippen LogP contribution is 2.29. The fourth-order valence-corrected chi connectivity index (χ4v) is 4.14. The summed E-state index contributed by atoms with van der Waals surface area (Å²) in [7, 11) is 0.